The first-order chi connectivity index (χ1) is 12.2. The van der Waals surface area contributed by atoms with Crippen LogP contribution in [0.15, 0.2) is 36.7 Å². The Morgan fingerprint density at radius 2 is 1.84 bits per heavy atom. The Bertz CT molecular complexity index is 745. The number of carbonyl (C=O) groups is 1. The van der Waals surface area contributed by atoms with E-state index < -0.39 is 0 Å². The van der Waals surface area contributed by atoms with E-state index in [4.69, 9.17) is 14.2 Å². The molecule has 1 fully saturated rings. The van der Waals surface area contributed by atoms with Crippen LogP contribution in [0.1, 0.15) is 10.4 Å². The minimum Gasteiger partial charge on any atom is -0.493 e. The molecule has 25 heavy (non-hydrogen) atoms. The molecule has 1 aromatic heterocycles. The summed E-state index contributed by atoms with van der Waals surface area (Å²) in [7, 11) is 3.18. The molecule has 2 heterocycles. The molecule has 2 aromatic rings. The molecule has 0 saturated carbocycles. The summed E-state index contributed by atoms with van der Waals surface area (Å²) in [6.45, 7) is 2.35. The van der Waals surface area contributed by atoms with E-state index in [1.54, 1.807) is 37.6 Å². The number of ether oxygens (including phenoxy) is 3. The number of amides is 1. The van der Waals surface area contributed by atoms with E-state index in [0.29, 0.717) is 43.4 Å². The summed E-state index contributed by atoms with van der Waals surface area (Å²) in [5.74, 6) is 1.25. The quantitative estimate of drug-likeness (QED) is 0.898. The summed E-state index contributed by atoms with van der Waals surface area (Å²) >= 11 is 0. The fourth-order valence-electron chi connectivity index (χ4n) is 2.65. The number of nitrogens with zero attached hydrogens (tertiary/aromatic N) is 2. The fraction of sp³-hybridized carbons (Fsp3) is 0.333. The number of pyridine rings is 1. The predicted molar refractivity (Wildman–Crippen MR) is 93.8 cm³/mol. The zero-order valence-electron chi connectivity index (χ0n) is 14.3. The molecule has 1 aliphatic heterocycles. The monoisotopic (exact) mass is 343 g/mol. The van der Waals surface area contributed by atoms with Crippen LogP contribution in [-0.4, -0.2) is 56.3 Å². The van der Waals surface area contributed by atoms with Gasteiger partial charge < -0.3 is 24.4 Å². The van der Waals surface area contributed by atoms with E-state index in [1.165, 1.54) is 0 Å². The second kappa shape index (κ2) is 7.85. The van der Waals surface area contributed by atoms with E-state index in [9.17, 15) is 4.79 Å². The van der Waals surface area contributed by atoms with E-state index in [0.717, 1.165) is 11.4 Å². The van der Waals surface area contributed by atoms with Crippen LogP contribution < -0.4 is 14.8 Å². The average molecular weight is 343 g/mol. The first-order valence-electron chi connectivity index (χ1n) is 8.02. The molecule has 0 atom stereocenters. The second-order valence-electron chi connectivity index (χ2n) is 5.56. The van der Waals surface area contributed by atoms with Crippen molar-refractivity contribution in [1.82, 2.24) is 9.88 Å². The van der Waals surface area contributed by atoms with Crippen molar-refractivity contribution in [2.45, 2.75) is 0 Å². The van der Waals surface area contributed by atoms with Crippen LogP contribution in [-0.2, 0) is 4.74 Å². The molecule has 1 amide bonds. The van der Waals surface area contributed by atoms with Crippen molar-refractivity contribution in [2.75, 3.05) is 45.8 Å². The Morgan fingerprint density at radius 1 is 1.08 bits per heavy atom. The Labute approximate surface area is 146 Å². The van der Waals surface area contributed by atoms with Gasteiger partial charge in [0.05, 0.1) is 44.9 Å². The van der Waals surface area contributed by atoms with Gasteiger partial charge in [0.15, 0.2) is 11.5 Å². The molecule has 1 N–H and O–H groups in total. The van der Waals surface area contributed by atoms with E-state index >= 15 is 0 Å². The smallest absolute Gasteiger partial charge is 0.255 e. The van der Waals surface area contributed by atoms with Crippen molar-refractivity contribution in [2.24, 2.45) is 0 Å². The van der Waals surface area contributed by atoms with E-state index in [2.05, 4.69) is 10.3 Å². The standard InChI is InChI=1S/C18H21N3O4/c1-23-16-4-3-14(10-17(16)24-2)20-15-9-13(11-19-12-15)18(22)21-5-7-25-8-6-21/h3-4,9-12,20H,5-8H2,1-2H3. The first-order valence-corrected chi connectivity index (χ1v) is 8.02. The van der Waals surface area contributed by atoms with Crippen molar-refractivity contribution in [3.8, 4) is 11.5 Å². The lowest BCUT2D eigenvalue weighted by Gasteiger charge is -2.26. The van der Waals surface area contributed by atoms with Crippen molar-refractivity contribution in [3.63, 3.8) is 0 Å². The maximum absolute atomic E-state index is 12.6. The minimum atomic E-state index is -0.0354. The highest BCUT2D eigenvalue weighted by molar-refractivity contribution is 5.95. The molecule has 1 aromatic carbocycles. The van der Waals surface area contributed by atoms with Gasteiger partial charge in [-0.25, -0.2) is 0 Å². The number of anilines is 2. The summed E-state index contributed by atoms with van der Waals surface area (Å²) < 4.78 is 15.8. The minimum absolute atomic E-state index is 0.0354. The molecule has 132 valence electrons. The van der Waals surface area contributed by atoms with Crippen LogP contribution >= 0.6 is 0 Å². The van der Waals surface area contributed by atoms with Crippen molar-refractivity contribution >= 4 is 17.3 Å². The first kappa shape index (κ1) is 17.0. The van der Waals surface area contributed by atoms with E-state index in [1.807, 2.05) is 18.2 Å². The number of benzene rings is 1. The second-order valence-corrected chi connectivity index (χ2v) is 5.56. The van der Waals surface area contributed by atoms with Gasteiger partial charge >= 0.3 is 0 Å². The lowest BCUT2D eigenvalue weighted by molar-refractivity contribution is 0.0302. The molecule has 3 rings (SSSR count). The van der Waals surface area contributed by atoms with Gasteiger partial charge in [-0.15, -0.1) is 0 Å². The number of hydrogen-bond donors (Lipinski definition) is 1. The molecule has 0 spiro atoms. The molecule has 0 unspecified atom stereocenters. The van der Waals surface area contributed by atoms with Crippen LogP contribution in [0.2, 0.25) is 0 Å². The number of nitrogens with one attached hydrogen (secondary N) is 1. The Balaban J connectivity index is 1.76. The van der Waals surface area contributed by atoms with Crippen molar-refractivity contribution < 1.29 is 19.0 Å². The molecular formula is C18H21N3O4. The number of aromatic nitrogens is 1. The molecule has 0 radical (unpaired) electrons. The molecule has 1 aliphatic rings. The van der Waals surface area contributed by atoms with Gasteiger partial charge in [-0.05, 0) is 18.2 Å². The molecule has 7 heteroatoms. The van der Waals surface area contributed by atoms with Gasteiger partial charge in [0, 0.05) is 31.0 Å². The fourth-order valence-corrected chi connectivity index (χ4v) is 2.65. The average Bonchev–Trinajstić information content (AvgIpc) is 2.68. The van der Waals surface area contributed by atoms with Gasteiger partial charge in [0.2, 0.25) is 0 Å². The summed E-state index contributed by atoms with van der Waals surface area (Å²) in [5, 5.41) is 3.23. The third-order valence-electron chi connectivity index (χ3n) is 3.96. The van der Waals surface area contributed by atoms with Crippen LogP contribution in [0, 0.1) is 0 Å². The number of hydrogen-bond acceptors (Lipinski definition) is 6. The van der Waals surface area contributed by atoms with Crippen molar-refractivity contribution in [1.29, 1.82) is 0 Å². The zero-order chi connectivity index (χ0) is 17.6. The molecule has 7 nitrogen and oxygen atoms in total. The van der Waals surface area contributed by atoms with Crippen LogP contribution in [0.5, 0.6) is 11.5 Å². The van der Waals surface area contributed by atoms with Gasteiger partial charge in [0.1, 0.15) is 0 Å². The third-order valence-corrected chi connectivity index (χ3v) is 3.96. The maximum atomic E-state index is 12.6. The largest absolute Gasteiger partial charge is 0.493 e. The molecule has 0 bridgehead atoms. The van der Waals surface area contributed by atoms with Gasteiger partial charge in [-0.1, -0.05) is 0 Å². The highest BCUT2D eigenvalue weighted by Gasteiger charge is 2.19. The lowest BCUT2D eigenvalue weighted by atomic mass is 10.2. The Morgan fingerprint density at radius 3 is 2.56 bits per heavy atom. The SMILES string of the molecule is COc1ccc(Nc2cncc(C(=O)N3CCOCC3)c2)cc1OC. The van der Waals surface area contributed by atoms with Gasteiger partial charge in [0.25, 0.3) is 5.91 Å². The topological polar surface area (TPSA) is 72.9 Å². The maximum Gasteiger partial charge on any atom is 0.255 e. The number of morpholine rings is 1. The summed E-state index contributed by atoms with van der Waals surface area (Å²) in [6, 6.07) is 7.31. The zero-order valence-corrected chi connectivity index (χ0v) is 14.3. The summed E-state index contributed by atoms with van der Waals surface area (Å²) in [6.07, 6.45) is 3.25. The molecule has 0 aliphatic carbocycles. The highest BCUT2D eigenvalue weighted by Crippen LogP contribution is 2.31. The number of methoxy groups -OCH3 is 2. The van der Waals surface area contributed by atoms with Crippen molar-refractivity contribution in [3.05, 3.63) is 42.2 Å². The van der Waals surface area contributed by atoms with Crippen LogP contribution in [0.3, 0.4) is 0 Å². The Hall–Kier alpha value is -2.80. The highest BCUT2D eigenvalue weighted by atomic mass is 16.5. The molecular weight excluding hydrogens is 322 g/mol. The van der Waals surface area contributed by atoms with Crippen LogP contribution in [0.4, 0.5) is 11.4 Å². The van der Waals surface area contributed by atoms with Gasteiger partial charge in [-0.2, -0.15) is 0 Å². The number of rotatable bonds is 5. The van der Waals surface area contributed by atoms with E-state index in [-0.39, 0.29) is 5.91 Å². The lowest BCUT2D eigenvalue weighted by Crippen LogP contribution is -2.40. The molecule has 1 saturated heterocycles. The Kier molecular flexibility index (Phi) is 5.35. The third kappa shape index (κ3) is 4.00. The summed E-state index contributed by atoms with van der Waals surface area (Å²) in [5.41, 5.74) is 2.09. The number of carbonyl (C=O) groups excluding carboxylic acids is 1. The predicted octanol–water partition coefficient (Wildman–Crippen LogP) is 2.31. The normalized spacial score (nSPS) is 14.1. The summed E-state index contributed by atoms with van der Waals surface area (Å²) in [4.78, 5) is 18.5. The van der Waals surface area contributed by atoms with Gasteiger partial charge in [-0.3, -0.25) is 9.78 Å². The van der Waals surface area contributed by atoms with Crippen LogP contribution in [0.25, 0.3) is 0 Å².